The number of aliphatic imine (C=N–C) groups is 1. The minimum atomic E-state index is -0.524. The average Bonchev–Trinajstić information content (AvgIpc) is 2.33. The van der Waals surface area contributed by atoms with Crippen LogP contribution in [0.25, 0.3) is 0 Å². The highest BCUT2D eigenvalue weighted by atomic mass is 16.6. The van der Waals surface area contributed by atoms with Gasteiger partial charge in [-0.25, -0.2) is 4.79 Å². The average molecular weight is 283 g/mol. The smallest absolute Gasteiger partial charge is 0.407 e. The zero-order chi connectivity index (χ0) is 15.8. The Labute approximate surface area is 120 Å². The van der Waals surface area contributed by atoms with E-state index in [0.717, 1.165) is 0 Å². The SMILES string of the molecule is CN=C(C)C(=CN)C(=O)CCCNC(=O)OC(C)(C)C. The first-order chi connectivity index (χ1) is 9.21. The Bertz CT molecular complexity index is 406. The third kappa shape index (κ3) is 7.56. The molecule has 3 N–H and O–H groups in total. The summed E-state index contributed by atoms with van der Waals surface area (Å²) in [5.41, 5.74) is 5.92. The van der Waals surface area contributed by atoms with Crippen molar-refractivity contribution >= 4 is 17.6 Å². The van der Waals surface area contributed by atoms with Gasteiger partial charge in [-0.3, -0.25) is 9.79 Å². The van der Waals surface area contributed by atoms with Gasteiger partial charge in [0.25, 0.3) is 0 Å². The van der Waals surface area contributed by atoms with Crippen LogP contribution in [-0.4, -0.2) is 36.8 Å². The van der Waals surface area contributed by atoms with Gasteiger partial charge in [0.05, 0.1) is 5.57 Å². The van der Waals surface area contributed by atoms with Crippen molar-refractivity contribution in [2.24, 2.45) is 10.7 Å². The molecule has 0 spiro atoms. The third-order valence-electron chi connectivity index (χ3n) is 2.44. The van der Waals surface area contributed by atoms with E-state index >= 15 is 0 Å². The second kappa shape index (κ2) is 8.35. The molecule has 6 nitrogen and oxygen atoms in total. The number of nitrogens with one attached hydrogen (secondary N) is 1. The van der Waals surface area contributed by atoms with Crippen LogP contribution in [-0.2, 0) is 9.53 Å². The van der Waals surface area contributed by atoms with E-state index in [1.807, 2.05) is 0 Å². The zero-order valence-electron chi connectivity index (χ0n) is 12.9. The molecule has 0 aromatic heterocycles. The van der Waals surface area contributed by atoms with Crippen molar-refractivity contribution in [3.63, 3.8) is 0 Å². The molecule has 1 amide bonds. The van der Waals surface area contributed by atoms with Crippen molar-refractivity contribution in [1.82, 2.24) is 5.32 Å². The first-order valence-corrected chi connectivity index (χ1v) is 6.57. The fourth-order valence-corrected chi connectivity index (χ4v) is 1.42. The topological polar surface area (TPSA) is 93.8 Å². The lowest BCUT2D eigenvalue weighted by molar-refractivity contribution is -0.115. The fourth-order valence-electron chi connectivity index (χ4n) is 1.42. The Morgan fingerprint density at radius 3 is 2.40 bits per heavy atom. The molecule has 0 saturated carbocycles. The molecule has 0 aliphatic rings. The number of carbonyl (C=O) groups excluding carboxylic acids is 2. The summed E-state index contributed by atoms with van der Waals surface area (Å²) in [6, 6.07) is 0. The summed E-state index contributed by atoms with van der Waals surface area (Å²) in [4.78, 5) is 27.2. The van der Waals surface area contributed by atoms with Crippen LogP contribution >= 0.6 is 0 Å². The number of hydrogen-bond acceptors (Lipinski definition) is 5. The highest BCUT2D eigenvalue weighted by Crippen LogP contribution is 2.07. The van der Waals surface area contributed by atoms with Gasteiger partial charge in [-0.2, -0.15) is 0 Å². The third-order valence-corrected chi connectivity index (χ3v) is 2.44. The van der Waals surface area contributed by atoms with Crippen molar-refractivity contribution in [3.05, 3.63) is 11.8 Å². The minimum absolute atomic E-state index is 0.0819. The van der Waals surface area contributed by atoms with Crippen LogP contribution in [0.4, 0.5) is 4.79 Å². The molecule has 114 valence electrons. The molecular weight excluding hydrogens is 258 g/mol. The maximum absolute atomic E-state index is 11.9. The molecule has 0 atom stereocenters. The van der Waals surface area contributed by atoms with E-state index in [1.165, 1.54) is 6.20 Å². The van der Waals surface area contributed by atoms with Gasteiger partial charge < -0.3 is 15.8 Å². The van der Waals surface area contributed by atoms with Gasteiger partial charge in [0.2, 0.25) is 0 Å². The van der Waals surface area contributed by atoms with Gasteiger partial charge in [-0.15, -0.1) is 0 Å². The monoisotopic (exact) mass is 283 g/mol. The maximum Gasteiger partial charge on any atom is 0.407 e. The summed E-state index contributed by atoms with van der Waals surface area (Å²) in [5, 5.41) is 2.60. The highest BCUT2D eigenvalue weighted by molar-refractivity contribution is 6.21. The van der Waals surface area contributed by atoms with E-state index in [9.17, 15) is 9.59 Å². The van der Waals surface area contributed by atoms with Crippen LogP contribution in [0.1, 0.15) is 40.5 Å². The molecule has 6 heteroatoms. The van der Waals surface area contributed by atoms with Gasteiger partial charge in [0.15, 0.2) is 5.78 Å². The van der Waals surface area contributed by atoms with Crippen molar-refractivity contribution in [3.8, 4) is 0 Å². The summed E-state index contributed by atoms with van der Waals surface area (Å²) in [6.07, 6.45) is 1.61. The van der Waals surface area contributed by atoms with Gasteiger partial charge in [-0.1, -0.05) is 0 Å². The number of Topliss-reactive ketones (excluding diaryl/α,β-unsaturated/α-hetero) is 1. The number of hydrogen-bond donors (Lipinski definition) is 2. The molecule has 0 aliphatic heterocycles. The second-order valence-electron chi connectivity index (χ2n) is 5.34. The van der Waals surface area contributed by atoms with Crippen molar-refractivity contribution in [2.75, 3.05) is 13.6 Å². The van der Waals surface area contributed by atoms with E-state index in [1.54, 1.807) is 34.7 Å². The number of ether oxygens (including phenoxy) is 1. The van der Waals surface area contributed by atoms with E-state index in [4.69, 9.17) is 10.5 Å². The van der Waals surface area contributed by atoms with Crippen LogP contribution < -0.4 is 11.1 Å². The Morgan fingerprint density at radius 1 is 1.35 bits per heavy atom. The standard InChI is InChI=1S/C14H25N3O3/c1-10(16-5)11(9-15)12(18)7-6-8-17-13(19)20-14(2,3)4/h9H,6-8,15H2,1-5H3,(H,17,19). The lowest BCUT2D eigenvalue weighted by Crippen LogP contribution is -2.33. The Balaban J connectivity index is 4.08. The molecule has 20 heavy (non-hydrogen) atoms. The van der Waals surface area contributed by atoms with Crippen LogP contribution in [0.3, 0.4) is 0 Å². The predicted octanol–water partition coefficient (Wildman–Crippen LogP) is 1.79. The second-order valence-corrected chi connectivity index (χ2v) is 5.34. The molecule has 0 aliphatic carbocycles. The summed E-state index contributed by atoms with van der Waals surface area (Å²) in [5.74, 6) is -0.0819. The molecule has 0 radical (unpaired) electrons. The molecule has 0 aromatic rings. The minimum Gasteiger partial charge on any atom is -0.444 e. The lowest BCUT2D eigenvalue weighted by atomic mass is 10.0. The summed E-state index contributed by atoms with van der Waals surface area (Å²) in [6.45, 7) is 7.49. The molecule has 0 unspecified atom stereocenters. The summed E-state index contributed by atoms with van der Waals surface area (Å²) in [7, 11) is 1.61. The van der Waals surface area contributed by atoms with Gasteiger partial charge >= 0.3 is 6.09 Å². The molecule has 0 fully saturated rings. The molecule has 0 heterocycles. The first-order valence-electron chi connectivity index (χ1n) is 6.57. The quantitative estimate of drug-likeness (QED) is 0.441. The first kappa shape index (κ1) is 18.1. The molecular formula is C14H25N3O3. The predicted molar refractivity (Wildman–Crippen MR) is 79.8 cm³/mol. The highest BCUT2D eigenvalue weighted by Gasteiger charge is 2.16. The number of allylic oxidation sites excluding steroid dienone is 1. The Morgan fingerprint density at radius 2 is 1.95 bits per heavy atom. The Kier molecular flexibility index (Phi) is 7.57. The van der Waals surface area contributed by atoms with Gasteiger partial charge in [0.1, 0.15) is 5.60 Å². The maximum atomic E-state index is 11.9. The van der Waals surface area contributed by atoms with Gasteiger partial charge in [0, 0.05) is 31.9 Å². The van der Waals surface area contributed by atoms with E-state index < -0.39 is 11.7 Å². The van der Waals surface area contributed by atoms with Crippen LogP contribution in [0, 0.1) is 0 Å². The molecule has 0 bridgehead atoms. The van der Waals surface area contributed by atoms with Gasteiger partial charge in [-0.05, 0) is 34.1 Å². The number of ketones is 1. The molecule has 0 aromatic carbocycles. The number of carbonyl (C=O) groups is 2. The number of amides is 1. The zero-order valence-corrected chi connectivity index (χ0v) is 12.9. The number of nitrogens with zero attached hydrogens (tertiary/aromatic N) is 1. The fraction of sp³-hybridized carbons (Fsp3) is 0.643. The van der Waals surface area contributed by atoms with Crippen molar-refractivity contribution < 1.29 is 14.3 Å². The van der Waals surface area contributed by atoms with E-state index in [2.05, 4.69) is 10.3 Å². The summed E-state index contributed by atoms with van der Waals surface area (Å²) < 4.78 is 5.08. The van der Waals surface area contributed by atoms with Crippen LogP contribution in [0.15, 0.2) is 16.8 Å². The number of alkyl carbamates (subject to hydrolysis) is 1. The summed E-state index contributed by atoms with van der Waals surface area (Å²) >= 11 is 0. The van der Waals surface area contributed by atoms with Crippen LogP contribution in [0.5, 0.6) is 0 Å². The molecule has 0 rings (SSSR count). The normalized spacial score (nSPS) is 13.1. The molecule has 0 saturated heterocycles. The lowest BCUT2D eigenvalue weighted by Gasteiger charge is -2.19. The van der Waals surface area contributed by atoms with Crippen LogP contribution in [0.2, 0.25) is 0 Å². The van der Waals surface area contributed by atoms with E-state index in [0.29, 0.717) is 30.7 Å². The van der Waals surface area contributed by atoms with Crippen molar-refractivity contribution in [1.29, 1.82) is 0 Å². The number of nitrogens with two attached hydrogens (primary N) is 1. The largest absolute Gasteiger partial charge is 0.444 e. The number of rotatable bonds is 6. The van der Waals surface area contributed by atoms with E-state index in [-0.39, 0.29) is 5.78 Å². The Hall–Kier alpha value is -1.85. The van der Waals surface area contributed by atoms with Crippen molar-refractivity contribution in [2.45, 2.75) is 46.1 Å².